The molecule has 0 atom stereocenters. The molecule has 0 unspecified atom stereocenters. The van der Waals surface area contributed by atoms with Gasteiger partial charge in [0.15, 0.2) is 0 Å². The first-order valence-corrected chi connectivity index (χ1v) is 9.94. The Hall–Kier alpha value is -2.64. The minimum absolute atomic E-state index is 0.205. The van der Waals surface area contributed by atoms with Crippen molar-refractivity contribution >= 4 is 28.9 Å². The summed E-state index contributed by atoms with van der Waals surface area (Å²) in [4.78, 5) is 18.0. The van der Waals surface area contributed by atoms with Crippen LogP contribution in [0, 0.1) is 0 Å². The Morgan fingerprint density at radius 3 is 2.55 bits per heavy atom. The summed E-state index contributed by atoms with van der Waals surface area (Å²) in [6.07, 6.45) is 2.24. The van der Waals surface area contributed by atoms with E-state index >= 15 is 0 Å². The zero-order valence-electron chi connectivity index (χ0n) is 16.0. The van der Waals surface area contributed by atoms with E-state index in [-0.39, 0.29) is 12.3 Å². The summed E-state index contributed by atoms with van der Waals surface area (Å²) < 4.78 is 2.48. The SMILES string of the molecule is CC(=NOCc1c(C2CC2)cccc1-n1nnn(C)c1=O)c1cc(Cl)cc(Cl)c1. The lowest BCUT2D eigenvalue weighted by Gasteiger charge is -2.13. The third kappa shape index (κ3) is 4.21. The largest absolute Gasteiger partial charge is 0.391 e. The Morgan fingerprint density at radius 1 is 1.21 bits per heavy atom. The molecular formula is C20H19Cl2N5O2. The fourth-order valence-corrected chi connectivity index (χ4v) is 3.72. The molecule has 0 spiro atoms. The van der Waals surface area contributed by atoms with Gasteiger partial charge in [0, 0.05) is 28.2 Å². The first-order valence-electron chi connectivity index (χ1n) is 9.18. The molecule has 0 N–H and O–H groups in total. The van der Waals surface area contributed by atoms with Crippen LogP contribution in [0.3, 0.4) is 0 Å². The minimum Gasteiger partial charge on any atom is -0.391 e. The Balaban J connectivity index is 1.64. The van der Waals surface area contributed by atoms with E-state index in [9.17, 15) is 4.79 Å². The van der Waals surface area contributed by atoms with Crippen LogP contribution in [0.5, 0.6) is 0 Å². The van der Waals surface area contributed by atoms with E-state index in [1.54, 1.807) is 25.2 Å². The van der Waals surface area contributed by atoms with Crippen molar-refractivity contribution in [2.75, 3.05) is 0 Å². The molecular weight excluding hydrogens is 413 g/mol. The van der Waals surface area contributed by atoms with Gasteiger partial charge in [0.1, 0.15) is 6.61 Å². The summed E-state index contributed by atoms with van der Waals surface area (Å²) in [6, 6.07) is 11.0. The monoisotopic (exact) mass is 431 g/mol. The predicted molar refractivity (Wildman–Crippen MR) is 112 cm³/mol. The Morgan fingerprint density at radius 2 is 1.93 bits per heavy atom. The topological polar surface area (TPSA) is 74.3 Å². The average Bonchev–Trinajstić information content (AvgIpc) is 3.47. The van der Waals surface area contributed by atoms with Gasteiger partial charge in [-0.25, -0.2) is 4.79 Å². The third-order valence-corrected chi connectivity index (χ3v) is 5.28. The van der Waals surface area contributed by atoms with Crippen molar-refractivity contribution < 1.29 is 4.84 Å². The Bertz CT molecular complexity index is 1130. The highest BCUT2D eigenvalue weighted by Gasteiger charge is 2.28. The van der Waals surface area contributed by atoms with Crippen molar-refractivity contribution in [3.05, 3.63) is 73.6 Å². The van der Waals surface area contributed by atoms with Crippen molar-refractivity contribution in [3.8, 4) is 5.69 Å². The molecule has 0 radical (unpaired) electrons. The summed E-state index contributed by atoms with van der Waals surface area (Å²) in [7, 11) is 1.57. The molecule has 1 heterocycles. The molecule has 1 aliphatic carbocycles. The number of aryl methyl sites for hydroxylation is 1. The van der Waals surface area contributed by atoms with Crippen molar-refractivity contribution in [2.24, 2.45) is 12.2 Å². The number of rotatable bonds is 6. The van der Waals surface area contributed by atoms with Crippen LogP contribution < -0.4 is 5.69 Å². The summed E-state index contributed by atoms with van der Waals surface area (Å²) in [5.41, 5.74) is 3.82. The van der Waals surface area contributed by atoms with E-state index in [4.69, 9.17) is 28.0 Å². The maximum absolute atomic E-state index is 12.4. The molecule has 0 bridgehead atoms. The normalized spacial score (nSPS) is 14.3. The molecule has 1 aliphatic rings. The number of benzene rings is 2. The number of oxime groups is 1. The number of hydrogen-bond acceptors (Lipinski definition) is 5. The number of aromatic nitrogens is 4. The molecule has 0 amide bonds. The standard InChI is InChI=1S/C20H19Cl2N5O2/c1-12(14-8-15(21)10-16(22)9-14)23-29-11-18-17(13-6-7-13)4-3-5-19(18)27-20(28)26(2)24-25-27/h3-5,8-10,13H,6-7,11H2,1-2H3. The lowest BCUT2D eigenvalue weighted by Crippen LogP contribution is -2.23. The summed E-state index contributed by atoms with van der Waals surface area (Å²) >= 11 is 12.1. The smallest absolute Gasteiger partial charge is 0.368 e. The predicted octanol–water partition coefficient (Wildman–Crippen LogP) is 4.09. The van der Waals surface area contributed by atoms with Crippen LogP contribution in [-0.2, 0) is 18.5 Å². The highest BCUT2D eigenvalue weighted by atomic mass is 35.5. The van der Waals surface area contributed by atoms with Crippen LogP contribution in [0.15, 0.2) is 46.3 Å². The van der Waals surface area contributed by atoms with Crippen molar-refractivity contribution in [1.29, 1.82) is 0 Å². The lowest BCUT2D eigenvalue weighted by molar-refractivity contribution is 0.129. The molecule has 3 aromatic rings. The van der Waals surface area contributed by atoms with Crippen LogP contribution in [0.2, 0.25) is 10.0 Å². The molecule has 1 saturated carbocycles. The van der Waals surface area contributed by atoms with Crippen LogP contribution in [0.1, 0.15) is 42.4 Å². The van der Waals surface area contributed by atoms with Gasteiger partial charge in [-0.15, -0.1) is 0 Å². The zero-order valence-corrected chi connectivity index (χ0v) is 17.5. The molecule has 1 aromatic heterocycles. The van der Waals surface area contributed by atoms with E-state index < -0.39 is 0 Å². The average molecular weight is 432 g/mol. The summed E-state index contributed by atoms with van der Waals surface area (Å²) in [6.45, 7) is 2.03. The summed E-state index contributed by atoms with van der Waals surface area (Å²) in [5.74, 6) is 0.470. The molecule has 0 saturated heterocycles. The molecule has 150 valence electrons. The van der Waals surface area contributed by atoms with Crippen LogP contribution in [0.4, 0.5) is 0 Å². The van der Waals surface area contributed by atoms with E-state index in [0.29, 0.717) is 27.4 Å². The highest BCUT2D eigenvalue weighted by molar-refractivity contribution is 6.35. The molecule has 29 heavy (non-hydrogen) atoms. The first-order chi connectivity index (χ1) is 13.9. The second-order valence-corrected chi connectivity index (χ2v) is 7.90. The third-order valence-electron chi connectivity index (χ3n) is 4.85. The van der Waals surface area contributed by atoms with E-state index in [0.717, 1.165) is 29.5 Å². The van der Waals surface area contributed by atoms with Gasteiger partial charge in [0.2, 0.25) is 0 Å². The number of halogens is 2. The van der Waals surface area contributed by atoms with Gasteiger partial charge in [-0.05, 0) is 65.9 Å². The molecule has 0 aliphatic heterocycles. The maximum Gasteiger partial charge on any atom is 0.368 e. The van der Waals surface area contributed by atoms with E-state index in [1.165, 1.54) is 9.36 Å². The zero-order chi connectivity index (χ0) is 20.5. The van der Waals surface area contributed by atoms with Gasteiger partial charge < -0.3 is 4.84 Å². The molecule has 7 nitrogen and oxygen atoms in total. The quantitative estimate of drug-likeness (QED) is 0.435. The molecule has 4 rings (SSSR count). The van der Waals surface area contributed by atoms with Crippen molar-refractivity contribution in [3.63, 3.8) is 0 Å². The van der Waals surface area contributed by atoms with Crippen LogP contribution >= 0.6 is 23.2 Å². The van der Waals surface area contributed by atoms with Gasteiger partial charge >= 0.3 is 5.69 Å². The highest BCUT2D eigenvalue weighted by Crippen LogP contribution is 2.43. The maximum atomic E-state index is 12.4. The lowest BCUT2D eigenvalue weighted by atomic mass is 10.0. The second kappa shape index (κ2) is 8.00. The van der Waals surface area contributed by atoms with Gasteiger partial charge in [0.25, 0.3) is 0 Å². The fraction of sp³-hybridized carbons (Fsp3) is 0.300. The van der Waals surface area contributed by atoms with E-state index in [1.807, 2.05) is 19.1 Å². The number of hydrogen-bond donors (Lipinski definition) is 0. The summed E-state index contributed by atoms with van der Waals surface area (Å²) in [5, 5.41) is 13.1. The number of tetrazole rings is 1. The Labute approximate surface area is 177 Å². The van der Waals surface area contributed by atoms with Crippen molar-refractivity contribution in [1.82, 2.24) is 19.8 Å². The van der Waals surface area contributed by atoms with E-state index in [2.05, 4.69) is 21.6 Å². The number of nitrogens with zero attached hydrogens (tertiary/aromatic N) is 5. The van der Waals surface area contributed by atoms with Crippen LogP contribution in [-0.4, -0.2) is 25.5 Å². The molecule has 9 heteroatoms. The van der Waals surface area contributed by atoms with Gasteiger partial charge in [-0.3, -0.25) is 0 Å². The molecule has 1 fully saturated rings. The second-order valence-electron chi connectivity index (χ2n) is 7.02. The minimum atomic E-state index is -0.313. The van der Waals surface area contributed by atoms with Gasteiger partial charge in [-0.1, -0.05) is 40.5 Å². The van der Waals surface area contributed by atoms with Crippen molar-refractivity contribution in [2.45, 2.75) is 32.3 Å². The fourth-order valence-electron chi connectivity index (χ4n) is 3.20. The molecule has 2 aromatic carbocycles. The van der Waals surface area contributed by atoms with Gasteiger partial charge in [-0.2, -0.15) is 9.36 Å². The first kappa shape index (κ1) is 19.7. The van der Waals surface area contributed by atoms with Crippen LogP contribution in [0.25, 0.3) is 5.69 Å². The Kier molecular flexibility index (Phi) is 5.43. The van der Waals surface area contributed by atoms with Gasteiger partial charge in [0.05, 0.1) is 11.4 Å².